The van der Waals surface area contributed by atoms with Crippen LogP contribution in [0.3, 0.4) is 0 Å². The third-order valence-electron chi connectivity index (χ3n) is 4.88. The van der Waals surface area contributed by atoms with E-state index in [0.717, 1.165) is 18.4 Å². The second-order valence-corrected chi connectivity index (χ2v) is 6.84. The van der Waals surface area contributed by atoms with Gasteiger partial charge in [-0.2, -0.15) is 0 Å². The van der Waals surface area contributed by atoms with E-state index in [1.165, 1.54) is 54.0 Å². The number of nitrogens with zero attached hydrogens (tertiary/aromatic N) is 2. The van der Waals surface area contributed by atoms with E-state index in [1.807, 2.05) is 6.20 Å². The monoisotopic (exact) mass is 300 g/mol. The van der Waals surface area contributed by atoms with Gasteiger partial charge in [-0.25, -0.2) is 4.37 Å². The predicted molar refractivity (Wildman–Crippen MR) is 86.1 cm³/mol. The quantitative estimate of drug-likeness (QED) is 0.863. The van der Waals surface area contributed by atoms with Crippen molar-refractivity contribution in [2.75, 3.05) is 20.2 Å². The summed E-state index contributed by atoms with van der Waals surface area (Å²) in [4.78, 5) is 2.50. The fourth-order valence-electron chi connectivity index (χ4n) is 3.61. The highest BCUT2D eigenvalue weighted by Crippen LogP contribution is 2.40. The highest BCUT2D eigenvalue weighted by atomic mass is 32.1. The molecule has 0 bridgehead atoms. The standard InChI is InChI=1S/C17H20N2OS/c1-19-6-2-3-15(19)7-13-10-20-17-5-4-12(8-16(13)17)14-9-18-21-11-14/h4-5,8-9,11,13,15H,2-3,6-7,10H2,1H3/t13?,15-/m1/s1. The molecule has 21 heavy (non-hydrogen) atoms. The van der Waals surface area contributed by atoms with Crippen LogP contribution >= 0.6 is 11.5 Å². The van der Waals surface area contributed by atoms with Gasteiger partial charge in [0.1, 0.15) is 5.75 Å². The number of fused-ring (bicyclic) bond motifs is 1. The van der Waals surface area contributed by atoms with Gasteiger partial charge in [-0.3, -0.25) is 0 Å². The van der Waals surface area contributed by atoms with Crippen molar-refractivity contribution >= 4 is 11.5 Å². The van der Waals surface area contributed by atoms with Gasteiger partial charge in [-0.05, 0) is 62.1 Å². The van der Waals surface area contributed by atoms with Gasteiger partial charge in [0.15, 0.2) is 0 Å². The normalized spacial score (nSPS) is 25.0. The Kier molecular flexibility index (Phi) is 3.43. The van der Waals surface area contributed by atoms with Crippen LogP contribution in [0.25, 0.3) is 11.1 Å². The predicted octanol–water partition coefficient (Wildman–Crippen LogP) is 3.77. The van der Waals surface area contributed by atoms with Gasteiger partial charge in [0.05, 0.1) is 6.61 Å². The number of likely N-dealkylation sites (tertiary alicyclic amines) is 1. The Morgan fingerprint density at radius 1 is 1.38 bits per heavy atom. The number of hydrogen-bond donors (Lipinski definition) is 0. The van der Waals surface area contributed by atoms with Crippen LogP contribution in [-0.2, 0) is 0 Å². The molecule has 1 unspecified atom stereocenters. The summed E-state index contributed by atoms with van der Waals surface area (Å²) in [6.07, 6.45) is 5.83. The summed E-state index contributed by atoms with van der Waals surface area (Å²) in [5.74, 6) is 1.62. The summed E-state index contributed by atoms with van der Waals surface area (Å²) in [6, 6.07) is 7.30. The second-order valence-electron chi connectivity index (χ2n) is 6.19. The van der Waals surface area contributed by atoms with Crippen LogP contribution in [0, 0.1) is 0 Å². The minimum Gasteiger partial charge on any atom is -0.493 e. The lowest BCUT2D eigenvalue weighted by atomic mass is 9.91. The Labute approximate surface area is 129 Å². The summed E-state index contributed by atoms with van der Waals surface area (Å²) in [5.41, 5.74) is 3.86. The summed E-state index contributed by atoms with van der Waals surface area (Å²) in [7, 11) is 2.25. The topological polar surface area (TPSA) is 25.4 Å². The number of aromatic nitrogens is 1. The van der Waals surface area contributed by atoms with Gasteiger partial charge >= 0.3 is 0 Å². The van der Waals surface area contributed by atoms with Crippen LogP contribution < -0.4 is 4.74 Å². The molecule has 1 fully saturated rings. The molecule has 0 spiro atoms. The van der Waals surface area contributed by atoms with Crippen LogP contribution in [0.5, 0.6) is 5.75 Å². The Morgan fingerprint density at radius 3 is 3.10 bits per heavy atom. The van der Waals surface area contributed by atoms with Gasteiger partial charge in [0.25, 0.3) is 0 Å². The molecule has 0 amide bonds. The van der Waals surface area contributed by atoms with Crippen molar-refractivity contribution in [3.05, 3.63) is 35.3 Å². The lowest BCUT2D eigenvalue weighted by Crippen LogP contribution is -2.27. The first-order valence-electron chi connectivity index (χ1n) is 7.68. The molecule has 4 rings (SSSR count). The molecule has 1 aromatic carbocycles. The van der Waals surface area contributed by atoms with E-state index in [0.29, 0.717) is 5.92 Å². The van der Waals surface area contributed by atoms with E-state index in [-0.39, 0.29) is 0 Å². The van der Waals surface area contributed by atoms with Crippen molar-refractivity contribution in [1.82, 2.24) is 9.27 Å². The molecule has 0 radical (unpaired) electrons. The summed E-state index contributed by atoms with van der Waals surface area (Å²) >= 11 is 1.51. The van der Waals surface area contributed by atoms with Crippen LogP contribution in [0.4, 0.5) is 0 Å². The lowest BCUT2D eigenvalue weighted by molar-refractivity contribution is 0.257. The smallest absolute Gasteiger partial charge is 0.122 e. The molecule has 2 atom stereocenters. The Morgan fingerprint density at radius 2 is 2.33 bits per heavy atom. The van der Waals surface area contributed by atoms with E-state index in [4.69, 9.17) is 4.74 Å². The number of benzene rings is 1. The summed E-state index contributed by atoms with van der Waals surface area (Å²) in [6.45, 7) is 2.08. The van der Waals surface area contributed by atoms with E-state index in [1.54, 1.807) is 0 Å². The SMILES string of the molecule is CN1CCC[C@@H]1CC1COc2ccc(-c3cnsc3)cc21. The van der Waals surface area contributed by atoms with Crippen LogP contribution in [0.1, 0.15) is 30.7 Å². The van der Waals surface area contributed by atoms with Crippen LogP contribution in [0.2, 0.25) is 0 Å². The van der Waals surface area contributed by atoms with Crippen molar-refractivity contribution < 1.29 is 4.74 Å². The third-order valence-corrected chi connectivity index (χ3v) is 5.47. The molecular formula is C17H20N2OS. The first-order chi connectivity index (χ1) is 10.3. The van der Waals surface area contributed by atoms with Gasteiger partial charge in [0.2, 0.25) is 0 Å². The second kappa shape index (κ2) is 5.43. The third kappa shape index (κ3) is 2.47. The van der Waals surface area contributed by atoms with Crippen molar-refractivity contribution in [2.24, 2.45) is 0 Å². The average Bonchev–Trinajstić information content (AvgIpc) is 3.22. The van der Waals surface area contributed by atoms with Crippen LogP contribution in [0.15, 0.2) is 29.8 Å². The zero-order valence-corrected chi connectivity index (χ0v) is 13.1. The number of hydrogen-bond acceptors (Lipinski definition) is 4. The lowest BCUT2D eigenvalue weighted by Gasteiger charge is -2.22. The van der Waals surface area contributed by atoms with Crippen molar-refractivity contribution in [1.29, 1.82) is 0 Å². The van der Waals surface area contributed by atoms with E-state index >= 15 is 0 Å². The molecule has 1 saturated heterocycles. The van der Waals surface area contributed by atoms with Crippen molar-refractivity contribution in [3.8, 4) is 16.9 Å². The summed E-state index contributed by atoms with van der Waals surface area (Å²) in [5, 5.41) is 2.11. The number of rotatable bonds is 3. The molecule has 2 aliphatic rings. The molecule has 110 valence electrons. The first-order valence-corrected chi connectivity index (χ1v) is 8.51. The minimum atomic E-state index is 0.539. The first kappa shape index (κ1) is 13.3. The molecule has 0 saturated carbocycles. The molecule has 3 heterocycles. The fourth-order valence-corrected chi connectivity index (χ4v) is 4.15. The molecule has 4 heteroatoms. The maximum absolute atomic E-state index is 5.90. The molecule has 2 aromatic rings. The van der Waals surface area contributed by atoms with E-state index in [2.05, 4.69) is 39.9 Å². The Balaban J connectivity index is 1.59. The largest absolute Gasteiger partial charge is 0.493 e. The molecule has 1 aromatic heterocycles. The molecular weight excluding hydrogens is 280 g/mol. The van der Waals surface area contributed by atoms with Crippen molar-refractivity contribution in [2.45, 2.75) is 31.2 Å². The zero-order valence-electron chi connectivity index (χ0n) is 12.3. The maximum atomic E-state index is 5.90. The molecule has 2 aliphatic heterocycles. The van der Waals surface area contributed by atoms with E-state index in [9.17, 15) is 0 Å². The minimum absolute atomic E-state index is 0.539. The van der Waals surface area contributed by atoms with Gasteiger partial charge < -0.3 is 9.64 Å². The van der Waals surface area contributed by atoms with Gasteiger partial charge in [-0.1, -0.05) is 6.07 Å². The highest BCUT2D eigenvalue weighted by molar-refractivity contribution is 7.03. The van der Waals surface area contributed by atoms with Gasteiger partial charge in [0, 0.05) is 34.7 Å². The van der Waals surface area contributed by atoms with Crippen molar-refractivity contribution in [3.63, 3.8) is 0 Å². The zero-order chi connectivity index (χ0) is 14.2. The summed E-state index contributed by atoms with van der Waals surface area (Å²) < 4.78 is 10.1. The van der Waals surface area contributed by atoms with E-state index < -0.39 is 0 Å². The molecule has 0 N–H and O–H groups in total. The molecule has 0 aliphatic carbocycles. The maximum Gasteiger partial charge on any atom is 0.122 e. The Bertz CT molecular complexity index is 626. The Hall–Kier alpha value is -1.39. The molecule has 3 nitrogen and oxygen atoms in total. The fraction of sp³-hybridized carbons (Fsp3) is 0.471. The van der Waals surface area contributed by atoms with Gasteiger partial charge in [-0.15, -0.1) is 0 Å². The number of ether oxygens (including phenoxy) is 1. The average molecular weight is 300 g/mol. The van der Waals surface area contributed by atoms with Crippen LogP contribution in [-0.4, -0.2) is 35.5 Å². The highest BCUT2D eigenvalue weighted by Gasteiger charge is 2.30.